The molecular weight excluding hydrogens is 372 g/mol. The van der Waals surface area contributed by atoms with Gasteiger partial charge in [-0.3, -0.25) is 4.79 Å². The second-order valence-corrected chi connectivity index (χ2v) is 6.78. The van der Waals surface area contributed by atoms with Gasteiger partial charge in [0.05, 0.1) is 7.11 Å². The molecule has 1 aliphatic heterocycles. The Bertz CT molecular complexity index is 663. The van der Waals surface area contributed by atoms with Crippen LogP contribution in [-0.2, 0) is 9.53 Å². The molecule has 0 bridgehead atoms. The van der Waals surface area contributed by atoms with E-state index in [2.05, 4.69) is 20.7 Å². The molecule has 4 amide bonds. The zero-order valence-corrected chi connectivity index (χ0v) is 16.1. The summed E-state index contributed by atoms with van der Waals surface area (Å²) in [4.78, 5) is 36.6. The Morgan fingerprint density at radius 1 is 1.22 bits per heavy atom. The number of hydrogen-bond acceptors (Lipinski definition) is 4. The number of rotatable bonds is 6. The van der Waals surface area contributed by atoms with Crippen molar-refractivity contribution in [1.29, 1.82) is 0 Å². The summed E-state index contributed by atoms with van der Waals surface area (Å²) in [6.45, 7) is 1.71. The van der Waals surface area contributed by atoms with E-state index in [-0.39, 0.29) is 12.6 Å². The molecule has 0 spiro atoms. The lowest BCUT2D eigenvalue weighted by atomic mass is 9.94. The molecule has 1 aliphatic rings. The van der Waals surface area contributed by atoms with Gasteiger partial charge in [0.2, 0.25) is 0 Å². The molecule has 27 heavy (non-hydrogen) atoms. The van der Waals surface area contributed by atoms with E-state index in [0.29, 0.717) is 36.3 Å². The summed E-state index contributed by atoms with van der Waals surface area (Å²) >= 11 is 5.92. The van der Waals surface area contributed by atoms with Gasteiger partial charge in [-0.2, -0.15) is 0 Å². The maximum Gasteiger partial charge on any atom is 0.325 e. The molecule has 0 radical (unpaired) electrons. The van der Waals surface area contributed by atoms with E-state index in [9.17, 15) is 14.4 Å². The number of nitrogens with one attached hydrogen (secondary N) is 3. The van der Waals surface area contributed by atoms with Crippen LogP contribution in [0.15, 0.2) is 24.3 Å². The smallest absolute Gasteiger partial charge is 0.325 e. The molecule has 8 nitrogen and oxygen atoms in total. The molecule has 1 fully saturated rings. The molecule has 0 saturated carbocycles. The SMILES string of the molecule is COC(=O)CNC(=O)NCCC1CCN(C(=O)Nc2cccc(Cl)c2)CC1. The van der Waals surface area contributed by atoms with Crippen LogP contribution in [0.1, 0.15) is 19.3 Å². The third kappa shape index (κ3) is 7.34. The fourth-order valence-corrected chi connectivity index (χ4v) is 3.06. The number of piperidine rings is 1. The first-order valence-corrected chi connectivity index (χ1v) is 9.25. The van der Waals surface area contributed by atoms with Crippen LogP contribution < -0.4 is 16.0 Å². The molecule has 0 atom stereocenters. The van der Waals surface area contributed by atoms with Gasteiger partial charge in [-0.05, 0) is 43.4 Å². The summed E-state index contributed by atoms with van der Waals surface area (Å²) in [6.07, 6.45) is 2.60. The number of halogens is 1. The maximum absolute atomic E-state index is 12.3. The highest BCUT2D eigenvalue weighted by Crippen LogP contribution is 2.21. The zero-order chi connectivity index (χ0) is 19.6. The first-order chi connectivity index (χ1) is 13.0. The lowest BCUT2D eigenvalue weighted by Crippen LogP contribution is -2.42. The molecule has 9 heteroatoms. The van der Waals surface area contributed by atoms with Crippen molar-refractivity contribution >= 4 is 35.3 Å². The van der Waals surface area contributed by atoms with Crippen molar-refractivity contribution in [1.82, 2.24) is 15.5 Å². The molecule has 148 valence electrons. The van der Waals surface area contributed by atoms with E-state index in [4.69, 9.17) is 11.6 Å². The summed E-state index contributed by atoms with van der Waals surface area (Å²) in [5, 5.41) is 8.57. The zero-order valence-electron chi connectivity index (χ0n) is 15.3. The molecule has 0 unspecified atom stereocenters. The highest BCUT2D eigenvalue weighted by atomic mass is 35.5. The van der Waals surface area contributed by atoms with Gasteiger partial charge in [0.15, 0.2) is 0 Å². The monoisotopic (exact) mass is 396 g/mol. The van der Waals surface area contributed by atoms with Crippen molar-refractivity contribution in [3.8, 4) is 0 Å². The van der Waals surface area contributed by atoms with E-state index >= 15 is 0 Å². The van der Waals surface area contributed by atoms with Gasteiger partial charge in [-0.25, -0.2) is 9.59 Å². The number of methoxy groups -OCH3 is 1. The van der Waals surface area contributed by atoms with Gasteiger partial charge < -0.3 is 25.6 Å². The Balaban J connectivity index is 1.63. The average molecular weight is 397 g/mol. The largest absolute Gasteiger partial charge is 0.468 e. The van der Waals surface area contributed by atoms with Crippen LogP contribution in [0.5, 0.6) is 0 Å². The van der Waals surface area contributed by atoms with Crippen molar-refractivity contribution in [3.05, 3.63) is 29.3 Å². The van der Waals surface area contributed by atoms with Crippen LogP contribution in [0.3, 0.4) is 0 Å². The fourth-order valence-electron chi connectivity index (χ4n) is 2.87. The number of carbonyl (C=O) groups excluding carboxylic acids is 3. The van der Waals surface area contributed by atoms with Gasteiger partial charge in [0.1, 0.15) is 6.54 Å². The number of carbonyl (C=O) groups is 3. The third-order valence-corrected chi connectivity index (χ3v) is 4.67. The number of esters is 1. The number of benzene rings is 1. The van der Waals surface area contributed by atoms with Gasteiger partial charge in [-0.1, -0.05) is 17.7 Å². The predicted octanol–water partition coefficient (Wildman–Crippen LogP) is 2.45. The molecule has 2 rings (SSSR count). The highest BCUT2D eigenvalue weighted by Gasteiger charge is 2.22. The van der Waals surface area contributed by atoms with Gasteiger partial charge in [0, 0.05) is 30.3 Å². The minimum Gasteiger partial charge on any atom is -0.468 e. The Hall–Kier alpha value is -2.48. The first-order valence-electron chi connectivity index (χ1n) is 8.88. The molecule has 0 aliphatic carbocycles. The van der Waals surface area contributed by atoms with Crippen LogP contribution in [0.2, 0.25) is 5.02 Å². The van der Waals surface area contributed by atoms with Crippen molar-refractivity contribution in [3.63, 3.8) is 0 Å². The summed E-state index contributed by atoms with van der Waals surface area (Å²) in [6, 6.07) is 6.54. The summed E-state index contributed by atoms with van der Waals surface area (Å²) < 4.78 is 4.45. The maximum atomic E-state index is 12.3. The van der Waals surface area contributed by atoms with E-state index in [1.165, 1.54) is 7.11 Å². The number of urea groups is 2. The van der Waals surface area contributed by atoms with Gasteiger partial charge in [0.25, 0.3) is 0 Å². The summed E-state index contributed by atoms with van der Waals surface area (Å²) in [5.41, 5.74) is 0.678. The lowest BCUT2D eigenvalue weighted by molar-refractivity contribution is -0.139. The lowest BCUT2D eigenvalue weighted by Gasteiger charge is -2.32. The molecular formula is C18H25ClN4O4. The topological polar surface area (TPSA) is 99.8 Å². The second kappa shape index (κ2) is 10.6. The Kier molecular flexibility index (Phi) is 8.19. The quantitative estimate of drug-likeness (QED) is 0.643. The average Bonchev–Trinajstić information content (AvgIpc) is 2.66. The van der Waals surface area contributed by atoms with E-state index in [1.54, 1.807) is 29.2 Å². The molecule has 1 heterocycles. The van der Waals surface area contributed by atoms with Gasteiger partial charge >= 0.3 is 18.0 Å². The molecule has 0 aromatic heterocycles. The first kappa shape index (κ1) is 20.8. The molecule has 1 saturated heterocycles. The Labute approximate surface area is 163 Å². The standard InChI is InChI=1S/C18H25ClN4O4/c1-27-16(24)12-21-17(25)20-8-5-13-6-9-23(10-7-13)18(26)22-15-4-2-3-14(19)11-15/h2-4,11,13H,5-10,12H2,1H3,(H,22,26)(H2,20,21,25). The number of likely N-dealkylation sites (tertiary alicyclic amines) is 1. The minimum atomic E-state index is -0.492. The Morgan fingerprint density at radius 3 is 2.63 bits per heavy atom. The Morgan fingerprint density at radius 2 is 1.96 bits per heavy atom. The predicted molar refractivity (Wildman–Crippen MR) is 103 cm³/mol. The molecule has 1 aromatic carbocycles. The summed E-state index contributed by atoms with van der Waals surface area (Å²) in [5.74, 6) is -0.0466. The van der Waals surface area contributed by atoms with Crippen LogP contribution in [-0.4, -0.2) is 56.2 Å². The van der Waals surface area contributed by atoms with Crippen molar-refractivity contribution in [2.75, 3.05) is 38.6 Å². The molecule has 1 aromatic rings. The number of nitrogens with zero attached hydrogens (tertiary/aromatic N) is 1. The van der Waals surface area contributed by atoms with Crippen LogP contribution >= 0.6 is 11.6 Å². The van der Waals surface area contributed by atoms with Crippen molar-refractivity contribution in [2.45, 2.75) is 19.3 Å². The van der Waals surface area contributed by atoms with E-state index < -0.39 is 12.0 Å². The van der Waals surface area contributed by atoms with Gasteiger partial charge in [-0.15, -0.1) is 0 Å². The van der Waals surface area contributed by atoms with E-state index in [1.807, 2.05) is 0 Å². The number of hydrogen-bond donors (Lipinski definition) is 3. The van der Waals surface area contributed by atoms with Crippen LogP contribution in [0.25, 0.3) is 0 Å². The highest BCUT2D eigenvalue weighted by molar-refractivity contribution is 6.30. The van der Waals surface area contributed by atoms with Crippen molar-refractivity contribution in [2.24, 2.45) is 5.92 Å². The van der Waals surface area contributed by atoms with Crippen LogP contribution in [0, 0.1) is 5.92 Å². The molecule has 3 N–H and O–H groups in total. The van der Waals surface area contributed by atoms with E-state index in [0.717, 1.165) is 19.3 Å². The fraction of sp³-hybridized carbons (Fsp3) is 0.500. The summed E-state index contributed by atoms with van der Waals surface area (Å²) in [7, 11) is 1.27. The van der Waals surface area contributed by atoms with Crippen LogP contribution in [0.4, 0.5) is 15.3 Å². The van der Waals surface area contributed by atoms with Crippen molar-refractivity contribution < 1.29 is 19.1 Å². The number of anilines is 1. The number of ether oxygens (including phenoxy) is 1. The second-order valence-electron chi connectivity index (χ2n) is 6.35. The third-order valence-electron chi connectivity index (χ3n) is 4.44. The number of amides is 4. The normalized spacial score (nSPS) is 14.4. The minimum absolute atomic E-state index is 0.129.